The summed E-state index contributed by atoms with van der Waals surface area (Å²) in [6, 6.07) is 6.70. The molecule has 0 aliphatic carbocycles. The zero-order chi connectivity index (χ0) is 11.5. The third-order valence-corrected chi connectivity index (χ3v) is 2.36. The molecule has 0 saturated carbocycles. The first-order valence-electron chi connectivity index (χ1n) is 5.07. The average molecular weight is 209 g/mol. The molecular formula is C12H19NO2. The Morgan fingerprint density at radius 2 is 2.07 bits per heavy atom. The predicted molar refractivity (Wildman–Crippen MR) is 61.0 cm³/mol. The van der Waals surface area contributed by atoms with Gasteiger partial charge in [-0.05, 0) is 17.5 Å². The molecule has 0 aromatic heterocycles. The lowest BCUT2D eigenvalue weighted by molar-refractivity contribution is 0.205. The van der Waals surface area contributed by atoms with Crippen molar-refractivity contribution >= 4 is 0 Å². The predicted octanol–water partition coefficient (Wildman–Crippen LogP) is 2.14. The minimum atomic E-state index is -0.0279. The summed E-state index contributed by atoms with van der Waals surface area (Å²) in [5, 5.41) is 9.23. The Kier molecular flexibility index (Phi) is 3.58. The van der Waals surface area contributed by atoms with Crippen LogP contribution in [0.4, 0.5) is 0 Å². The molecule has 1 unspecified atom stereocenters. The maximum atomic E-state index is 9.23. The molecule has 0 aliphatic heterocycles. The number of benzene rings is 1. The van der Waals surface area contributed by atoms with E-state index in [9.17, 15) is 5.11 Å². The molecule has 3 heteroatoms. The molecule has 84 valence electrons. The van der Waals surface area contributed by atoms with E-state index in [1.807, 2.05) is 0 Å². The number of phenols is 1. The SMILES string of the molecule is CC(C)(C)C(N)COc1cccc(O)c1. The number of hydrogen-bond acceptors (Lipinski definition) is 3. The van der Waals surface area contributed by atoms with Crippen molar-refractivity contribution in [2.45, 2.75) is 26.8 Å². The maximum Gasteiger partial charge on any atom is 0.123 e. The van der Waals surface area contributed by atoms with E-state index in [0.29, 0.717) is 12.4 Å². The zero-order valence-corrected chi connectivity index (χ0v) is 9.53. The molecule has 3 nitrogen and oxygen atoms in total. The molecule has 0 radical (unpaired) electrons. The van der Waals surface area contributed by atoms with Crippen molar-refractivity contribution in [3.8, 4) is 11.5 Å². The van der Waals surface area contributed by atoms with Gasteiger partial charge in [-0.3, -0.25) is 0 Å². The number of aromatic hydroxyl groups is 1. The molecular weight excluding hydrogens is 190 g/mol. The van der Waals surface area contributed by atoms with Gasteiger partial charge < -0.3 is 15.6 Å². The van der Waals surface area contributed by atoms with Crippen LogP contribution in [0.15, 0.2) is 24.3 Å². The van der Waals surface area contributed by atoms with Gasteiger partial charge in [0, 0.05) is 12.1 Å². The standard InChI is InChI=1S/C12H19NO2/c1-12(2,3)11(13)8-15-10-6-4-5-9(14)7-10/h4-7,11,14H,8,13H2,1-3H3. The minimum absolute atomic E-state index is 0.0246. The van der Waals surface area contributed by atoms with Gasteiger partial charge in [0.05, 0.1) is 0 Å². The largest absolute Gasteiger partial charge is 0.508 e. The van der Waals surface area contributed by atoms with Gasteiger partial charge in [-0.1, -0.05) is 26.8 Å². The summed E-state index contributed by atoms with van der Waals surface area (Å²) in [7, 11) is 0. The van der Waals surface area contributed by atoms with Crippen LogP contribution in [0.2, 0.25) is 0 Å². The quantitative estimate of drug-likeness (QED) is 0.802. The van der Waals surface area contributed by atoms with Crippen LogP contribution >= 0.6 is 0 Å². The highest BCUT2D eigenvalue weighted by molar-refractivity contribution is 5.31. The Labute approximate surface area is 90.9 Å². The zero-order valence-electron chi connectivity index (χ0n) is 9.53. The Morgan fingerprint density at radius 1 is 1.40 bits per heavy atom. The van der Waals surface area contributed by atoms with E-state index in [1.165, 1.54) is 0 Å². The smallest absolute Gasteiger partial charge is 0.123 e. The molecule has 1 aromatic rings. The second kappa shape index (κ2) is 4.53. The van der Waals surface area contributed by atoms with Crippen LogP contribution in [-0.2, 0) is 0 Å². The maximum absolute atomic E-state index is 9.23. The van der Waals surface area contributed by atoms with Crippen LogP contribution in [0, 0.1) is 5.41 Å². The van der Waals surface area contributed by atoms with Gasteiger partial charge in [0.2, 0.25) is 0 Å². The first-order chi connectivity index (χ1) is 6.89. The van der Waals surface area contributed by atoms with E-state index in [2.05, 4.69) is 20.8 Å². The lowest BCUT2D eigenvalue weighted by Gasteiger charge is -2.26. The molecule has 0 fully saturated rings. The van der Waals surface area contributed by atoms with Gasteiger partial charge in [-0.25, -0.2) is 0 Å². The Balaban J connectivity index is 2.51. The van der Waals surface area contributed by atoms with Gasteiger partial charge in [-0.15, -0.1) is 0 Å². The van der Waals surface area contributed by atoms with Crippen molar-refractivity contribution in [1.82, 2.24) is 0 Å². The van der Waals surface area contributed by atoms with Gasteiger partial charge in [-0.2, -0.15) is 0 Å². The van der Waals surface area contributed by atoms with Crippen molar-refractivity contribution in [3.63, 3.8) is 0 Å². The van der Waals surface area contributed by atoms with E-state index in [-0.39, 0.29) is 17.2 Å². The molecule has 15 heavy (non-hydrogen) atoms. The van der Waals surface area contributed by atoms with Crippen LogP contribution in [-0.4, -0.2) is 17.8 Å². The van der Waals surface area contributed by atoms with E-state index in [0.717, 1.165) is 0 Å². The van der Waals surface area contributed by atoms with Gasteiger partial charge in [0.1, 0.15) is 18.1 Å². The minimum Gasteiger partial charge on any atom is -0.508 e. The third kappa shape index (κ3) is 3.80. The van der Waals surface area contributed by atoms with E-state index in [1.54, 1.807) is 24.3 Å². The molecule has 1 rings (SSSR count). The van der Waals surface area contributed by atoms with Crippen molar-refractivity contribution in [2.75, 3.05) is 6.61 Å². The number of phenolic OH excluding ortho intramolecular Hbond substituents is 1. The highest BCUT2D eigenvalue weighted by atomic mass is 16.5. The summed E-state index contributed by atoms with van der Waals surface area (Å²) in [5.41, 5.74) is 5.97. The summed E-state index contributed by atoms with van der Waals surface area (Å²) in [4.78, 5) is 0. The fourth-order valence-electron chi connectivity index (χ4n) is 1.01. The Bertz CT molecular complexity index is 318. The van der Waals surface area contributed by atoms with E-state index in [4.69, 9.17) is 10.5 Å². The average Bonchev–Trinajstić information content (AvgIpc) is 2.12. The molecule has 0 aliphatic rings. The lowest BCUT2D eigenvalue weighted by Crippen LogP contribution is -2.40. The summed E-state index contributed by atoms with van der Waals surface area (Å²) < 4.78 is 5.49. The van der Waals surface area contributed by atoms with Crippen molar-refractivity contribution < 1.29 is 9.84 Å². The lowest BCUT2D eigenvalue weighted by atomic mass is 9.88. The normalized spacial score (nSPS) is 13.6. The fraction of sp³-hybridized carbons (Fsp3) is 0.500. The van der Waals surface area contributed by atoms with Crippen LogP contribution in [0.3, 0.4) is 0 Å². The number of ether oxygens (including phenoxy) is 1. The van der Waals surface area contributed by atoms with Crippen LogP contribution in [0.1, 0.15) is 20.8 Å². The van der Waals surface area contributed by atoms with Crippen LogP contribution < -0.4 is 10.5 Å². The molecule has 0 saturated heterocycles. The highest BCUT2D eigenvalue weighted by Gasteiger charge is 2.20. The second-order valence-corrected chi connectivity index (χ2v) is 4.78. The molecule has 0 bridgehead atoms. The number of hydrogen-bond donors (Lipinski definition) is 2. The second-order valence-electron chi connectivity index (χ2n) is 4.78. The van der Waals surface area contributed by atoms with Crippen molar-refractivity contribution in [2.24, 2.45) is 11.1 Å². The summed E-state index contributed by atoms with van der Waals surface area (Å²) in [6.07, 6.45) is 0. The van der Waals surface area contributed by atoms with E-state index < -0.39 is 0 Å². The molecule has 0 heterocycles. The van der Waals surface area contributed by atoms with Crippen molar-refractivity contribution in [1.29, 1.82) is 0 Å². The molecule has 0 amide bonds. The monoisotopic (exact) mass is 209 g/mol. The first kappa shape index (κ1) is 11.9. The van der Waals surface area contributed by atoms with Gasteiger partial charge >= 0.3 is 0 Å². The topological polar surface area (TPSA) is 55.5 Å². The van der Waals surface area contributed by atoms with Crippen LogP contribution in [0.5, 0.6) is 11.5 Å². The van der Waals surface area contributed by atoms with Crippen molar-refractivity contribution in [3.05, 3.63) is 24.3 Å². The molecule has 3 N–H and O–H groups in total. The third-order valence-electron chi connectivity index (χ3n) is 2.36. The fourth-order valence-corrected chi connectivity index (χ4v) is 1.01. The number of rotatable bonds is 3. The Hall–Kier alpha value is -1.22. The molecule has 1 atom stereocenters. The van der Waals surface area contributed by atoms with Crippen LogP contribution in [0.25, 0.3) is 0 Å². The van der Waals surface area contributed by atoms with E-state index >= 15 is 0 Å². The number of nitrogens with two attached hydrogens (primary N) is 1. The highest BCUT2D eigenvalue weighted by Crippen LogP contribution is 2.21. The Morgan fingerprint density at radius 3 is 2.60 bits per heavy atom. The summed E-state index contributed by atoms with van der Waals surface area (Å²) in [6.45, 7) is 6.67. The molecule has 1 aromatic carbocycles. The van der Waals surface area contributed by atoms with Gasteiger partial charge in [0.25, 0.3) is 0 Å². The summed E-state index contributed by atoms with van der Waals surface area (Å²) >= 11 is 0. The molecule has 0 spiro atoms. The summed E-state index contributed by atoms with van der Waals surface area (Å²) in [5.74, 6) is 0.853. The first-order valence-corrected chi connectivity index (χ1v) is 5.07. The van der Waals surface area contributed by atoms with Gasteiger partial charge in [0.15, 0.2) is 0 Å².